The lowest BCUT2D eigenvalue weighted by atomic mass is 9.75. The Balaban J connectivity index is 1.87. The number of fused-ring (bicyclic) bond motifs is 2. The first-order chi connectivity index (χ1) is 10.3. The first-order valence-electron chi connectivity index (χ1n) is 7.53. The van der Waals surface area contributed by atoms with Crippen LogP contribution in [0.2, 0.25) is 0 Å². The van der Waals surface area contributed by atoms with E-state index in [2.05, 4.69) is 18.9 Å². The van der Waals surface area contributed by atoms with Crippen LogP contribution in [0.25, 0.3) is 0 Å². The van der Waals surface area contributed by atoms with E-state index in [1.807, 2.05) is 6.92 Å². The maximum atomic E-state index is 12.6. The first-order valence-corrected chi connectivity index (χ1v) is 7.53. The molecule has 1 heterocycles. The maximum Gasteiger partial charge on any atom is 0.253 e. The molecule has 1 saturated carbocycles. The summed E-state index contributed by atoms with van der Waals surface area (Å²) in [5, 5.41) is 14.4. The summed E-state index contributed by atoms with van der Waals surface area (Å²) in [6, 6.07) is 6.43. The molecule has 5 heteroatoms. The van der Waals surface area contributed by atoms with Crippen LogP contribution in [0.4, 0.5) is 0 Å². The summed E-state index contributed by atoms with van der Waals surface area (Å²) in [6.45, 7) is 6.16. The topological polar surface area (TPSA) is 70.0 Å². The van der Waals surface area contributed by atoms with Crippen LogP contribution >= 0.6 is 0 Å². The number of hydrogen-bond acceptors (Lipinski definition) is 4. The van der Waals surface area contributed by atoms with Gasteiger partial charge in [-0.1, -0.05) is 20.8 Å². The van der Waals surface area contributed by atoms with Gasteiger partial charge in [0.2, 0.25) is 0 Å². The molecule has 3 unspecified atom stereocenters. The molecule has 1 aromatic rings. The van der Waals surface area contributed by atoms with E-state index in [0.29, 0.717) is 6.42 Å². The highest BCUT2D eigenvalue weighted by molar-refractivity contribution is 6.02. The second-order valence-electron chi connectivity index (χ2n) is 6.83. The summed E-state index contributed by atoms with van der Waals surface area (Å²) >= 11 is 0. The smallest absolute Gasteiger partial charge is 0.253 e. The Hall–Kier alpha value is -2.17. The van der Waals surface area contributed by atoms with Crippen LogP contribution in [0.5, 0.6) is 5.75 Å². The van der Waals surface area contributed by atoms with E-state index in [4.69, 9.17) is 0 Å². The SMILES string of the molecule is CC1C2CC(C(=O)N(/N=C/c3ccc(O)cc3)C2=O)C1(C)C. The Bertz CT molecular complexity index is 648. The highest BCUT2D eigenvalue weighted by atomic mass is 16.3. The summed E-state index contributed by atoms with van der Waals surface area (Å²) < 4.78 is 0. The number of aromatic hydroxyl groups is 1. The van der Waals surface area contributed by atoms with E-state index in [1.54, 1.807) is 12.1 Å². The molecule has 3 rings (SSSR count). The molecule has 5 nitrogen and oxygen atoms in total. The monoisotopic (exact) mass is 300 g/mol. The molecular formula is C17H20N2O3. The van der Waals surface area contributed by atoms with Gasteiger partial charge in [0.15, 0.2) is 0 Å². The largest absolute Gasteiger partial charge is 0.508 e. The van der Waals surface area contributed by atoms with Crippen LogP contribution in [0.1, 0.15) is 32.8 Å². The van der Waals surface area contributed by atoms with Gasteiger partial charge in [-0.25, -0.2) is 0 Å². The zero-order chi connectivity index (χ0) is 16.1. The normalized spacial score (nSPS) is 30.3. The molecule has 3 atom stereocenters. The standard InChI is InChI=1S/C17H20N2O3/c1-10-13-8-14(17(10,2)3)16(22)19(15(13)21)18-9-11-4-6-12(20)7-5-11/h4-7,9-10,13-14,20H,8H2,1-3H3/b18-9+. The lowest BCUT2D eigenvalue weighted by molar-refractivity contribution is -0.153. The number of carbonyl (C=O) groups excluding carboxylic acids is 2. The van der Waals surface area contributed by atoms with E-state index < -0.39 is 0 Å². The number of nitrogens with zero attached hydrogens (tertiary/aromatic N) is 2. The molecule has 1 aromatic carbocycles. The van der Waals surface area contributed by atoms with Crippen LogP contribution in [0.3, 0.4) is 0 Å². The van der Waals surface area contributed by atoms with Crippen molar-refractivity contribution in [1.29, 1.82) is 0 Å². The highest BCUT2D eigenvalue weighted by Crippen LogP contribution is 2.54. The molecule has 116 valence electrons. The molecule has 0 aromatic heterocycles. The van der Waals surface area contributed by atoms with Gasteiger partial charge in [0.05, 0.1) is 6.21 Å². The third-order valence-corrected chi connectivity index (χ3v) is 5.41. The van der Waals surface area contributed by atoms with Crippen LogP contribution in [0.15, 0.2) is 29.4 Å². The van der Waals surface area contributed by atoms with E-state index in [0.717, 1.165) is 10.6 Å². The fraction of sp³-hybridized carbons (Fsp3) is 0.471. The van der Waals surface area contributed by atoms with Crippen molar-refractivity contribution in [3.05, 3.63) is 29.8 Å². The molecule has 0 spiro atoms. The fourth-order valence-corrected chi connectivity index (χ4v) is 3.54. The van der Waals surface area contributed by atoms with Gasteiger partial charge in [-0.15, -0.1) is 0 Å². The maximum absolute atomic E-state index is 12.6. The minimum atomic E-state index is -0.203. The minimum Gasteiger partial charge on any atom is -0.508 e. The van der Waals surface area contributed by atoms with Crippen LogP contribution < -0.4 is 0 Å². The summed E-state index contributed by atoms with van der Waals surface area (Å²) in [7, 11) is 0. The molecule has 2 amide bonds. The van der Waals surface area contributed by atoms with Crippen LogP contribution in [-0.4, -0.2) is 28.1 Å². The Morgan fingerprint density at radius 1 is 1.23 bits per heavy atom. The van der Waals surface area contributed by atoms with Crippen molar-refractivity contribution in [1.82, 2.24) is 5.01 Å². The zero-order valence-corrected chi connectivity index (χ0v) is 13.0. The Morgan fingerprint density at radius 2 is 1.86 bits per heavy atom. The molecule has 2 aliphatic rings. The molecule has 2 bridgehead atoms. The average molecular weight is 300 g/mol. The number of phenols is 1. The van der Waals surface area contributed by atoms with Crippen molar-refractivity contribution < 1.29 is 14.7 Å². The number of piperidine rings is 1. The van der Waals surface area contributed by atoms with Crippen LogP contribution in [0, 0.1) is 23.2 Å². The van der Waals surface area contributed by atoms with E-state index in [9.17, 15) is 14.7 Å². The van der Waals surface area contributed by atoms with Gasteiger partial charge >= 0.3 is 0 Å². The highest BCUT2D eigenvalue weighted by Gasteiger charge is 2.58. The van der Waals surface area contributed by atoms with Crippen molar-refractivity contribution in [3.8, 4) is 5.75 Å². The number of hydrogen-bond donors (Lipinski definition) is 1. The molecule has 2 fully saturated rings. The van der Waals surface area contributed by atoms with E-state index >= 15 is 0 Å². The number of benzene rings is 1. The summed E-state index contributed by atoms with van der Waals surface area (Å²) in [4.78, 5) is 25.1. The second kappa shape index (κ2) is 4.93. The third-order valence-electron chi connectivity index (χ3n) is 5.41. The predicted molar refractivity (Wildman–Crippen MR) is 82.1 cm³/mol. The minimum absolute atomic E-state index is 0.130. The first kappa shape index (κ1) is 14.8. The van der Waals surface area contributed by atoms with Gasteiger partial charge < -0.3 is 5.11 Å². The second-order valence-corrected chi connectivity index (χ2v) is 6.83. The number of hydrazone groups is 1. The van der Waals surface area contributed by atoms with Gasteiger partial charge in [0, 0.05) is 11.8 Å². The summed E-state index contributed by atoms with van der Waals surface area (Å²) in [5.74, 6) is -0.351. The average Bonchev–Trinajstić information content (AvgIpc) is 2.69. The summed E-state index contributed by atoms with van der Waals surface area (Å²) in [5.41, 5.74) is 0.545. The number of phenolic OH excluding ortho intramolecular Hbond substituents is 1. The number of rotatable bonds is 2. The predicted octanol–water partition coefficient (Wildman–Crippen LogP) is 2.39. The molecule has 1 N–H and O–H groups in total. The summed E-state index contributed by atoms with van der Waals surface area (Å²) in [6.07, 6.45) is 2.12. The molecule has 1 saturated heterocycles. The van der Waals surface area contributed by atoms with Crippen molar-refractivity contribution >= 4 is 18.0 Å². The van der Waals surface area contributed by atoms with Gasteiger partial charge in [-0.2, -0.15) is 10.1 Å². The van der Waals surface area contributed by atoms with Gasteiger partial charge in [0.1, 0.15) is 5.75 Å². The van der Waals surface area contributed by atoms with Crippen molar-refractivity contribution in [2.24, 2.45) is 28.3 Å². The lowest BCUT2D eigenvalue weighted by Crippen LogP contribution is -2.44. The Labute approximate surface area is 129 Å². The molecule has 1 aliphatic heterocycles. The van der Waals surface area contributed by atoms with E-state index in [1.165, 1.54) is 18.3 Å². The lowest BCUT2D eigenvalue weighted by Gasteiger charge is -2.30. The van der Waals surface area contributed by atoms with E-state index in [-0.39, 0.29) is 40.7 Å². The number of carbonyl (C=O) groups is 2. The molecular weight excluding hydrogens is 280 g/mol. The quantitative estimate of drug-likeness (QED) is 0.673. The molecule has 0 radical (unpaired) electrons. The fourth-order valence-electron chi connectivity index (χ4n) is 3.54. The number of amides is 2. The molecule has 1 aliphatic carbocycles. The zero-order valence-electron chi connectivity index (χ0n) is 13.0. The third kappa shape index (κ3) is 2.12. The van der Waals surface area contributed by atoms with Crippen molar-refractivity contribution in [3.63, 3.8) is 0 Å². The number of imide groups is 1. The van der Waals surface area contributed by atoms with Gasteiger partial charge in [0.25, 0.3) is 11.8 Å². The Kier molecular flexibility index (Phi) is 3.31. The van der Waals surface area contributed by atoms with Gasteiger partial charge in [-0.3, -0.25) is 9.59 Å². The molecule has 22 heavy (non-hydrogen) atoms. The van der Waals surface area contributed by atoms with Crippen LogP contribution in [-0.2, 0) is 9.59 Å². The Morgan fingerprint density at radius 3 is 2.50 bits per heavy atom. The van der Waals surface area contributed by atoms with Crippen molar-refractivity contribution in [2.75, 3.05) is 0 Å². The van der Waals surface area contributed by atoms with Crippen molar-refractivity contribution in [2.45, 2.75) is 27.2 Å². The van der Waals surface area contributed by atoms with Gasteiger partial charge in [-0.05, 0) is 47.6 Å².